The molecule has 0 unspecified atom stereocenters. The fourth-order valence-electron chi connectivity index (χ4n) is 1.71. The van der Waals surface area contributed by atoms with E-state index in [2.05, 4.69) is 51.8 Å². The third kappa shape index (κ3) is 2.56. The van der Waals surface area contributed by atoms with E-state index in [0.29, 0.717) is 5.52 Å². The Bertz CT molecular complexity index is 849. The Balaban J connectivity index is 1.99. The molecule has 0 saturated carbocycles. The number of fused-ring (bicyclic) bond motifs is 1. The van der Waals surface area contributed by atoms with Crippen LogP contribution in [-0.4, -0.2) is 30.6 Å². The summed E-state index contributed by atoms with van der Waals surface area (Å²) in [7, 11) is 0. The van der Waals surface area contributed by atoms with E-state index in [4.69, 9.17) is 5.26 Å². The molecule has 0 spiro atoms. The van der Waals surface area contributed by atoms with Crippen molar-refractivity contribution in [3.05, 3.63) is 41.0 Å². The molecule has 2 heterocycles. The third-order valence-corrected chi connectivity index (χ3v) is 3.29. The van der Waals surface area contributed by atoms with Gasteiger partial charge in [-0.1, -0.05) is 0 Å². The number of H-pyrrole nitrogens is 1. The van der Waals surface area contributed by atoms with Crippen molar-refractivity contribution in [2.24, 2.45) is 0 Å². The van der Waals surface area contributed by atoms with Crippen LogP contribution in [0.4, 0.5) is 5.69 Å². The van der Waals surface area contributed by atoms with Gasteiger partial charge in [0.1, 0.15) is 22.7 Å². The first-order valence-corrected chi connectivity index (χ1v) is 6.58. The first-order valence-electron chi connectivity index (χ1n) is 5.79. The van der Waals surface area contributed by atoms with Gasteiger partial charge in [-0.15, -0.1) is 10.2 Å². The number of hydrogen-bond acceptors (Lipinski definition) is 7. The summed E-state index contributed by atoms with van der Waals surface area (Å²) < 4.78 is 0.846. The van der Waals surface area contributed by atoms with Gasteiger partial charge in [-0.25, -0.2) is 0 Å². The third-order valence-electron chi connectivity index (χ3n) is 2.65. The summed E-state index contributed by atoms with van der Waals surface area (Å²) in [5.41, 5.74) is 2.39. The van der Waals surface area contributed by atoms with Crippen LogP contribution in [0.5, 0.6) is 0 Å². The number of halogens is 1. The number of nitrogens with zero attached hydrogens (tertiary/aromatic N) is 6. The molecule has 0 aliphatic carbocycles. The number of allylic oxidation sites excluding steroid dienone is 1. The quantitative estimate of drug-likeness (QED) is 0.698. The molecule has 2 aromatic heterocycles. The minimum atomic E-state index is 0.220. The Hall–Kier alpha value is -2.86. The van der Waals surface area contributed by atoms with E-state index in [1.807, 2.05) is 18.2 Å². The summed E-state index contributed by atoms with van der Waals surface area (Å²) in [5, 5.41) is 25.4. The first-order chi connectivity index (χ1) is 10.3. The number of aromatic nitrogens is 6. The Morgan fingerprint density at radius 1 is 1.29 bits per heavy atom. The predicted molar refractivity (Wildman–Crippen MR) is 78.6 cm³/mol. The van der Waals surface area contributed by atoms with Crippen LogP contribution in [0.2, 0.25) is 0 Å². The van der Waals surface area contributed by atoms with Gasteiger partial charge >= 0.3 is 0 Å². The van der Waals surface area contributed by atoms with E-state index in [1.54, 1.807) is 12.4 Å². The van der Waals surface area contributed by atoms with E-state index < -0.39 is 0 Å². The van der Waals surface area contributed by atoms with E-state index in [-0.39, 0.29) is 11.4 Å². The van der Waals surface area contributed by atoms with Crippen LogP contribution in [0.1, 0.15) is 5.82 Å². The number of tetrazole rings is 1. The van der Waals surface area contributed by atoms with Gasteiger partial charge in [0.05, 0.1) is 5.69 Å². The summed E-state index contributed by atoms with van der Waals surface area (Å²) in [6.45, 7) is 0. The maximum atomic E-state index is 9.12. The minimum Gasteiger partial charge on any atom is -0.358 e. The lowest BCUT2D eigenvalue weighted by atomic mass is 10.2. The van der Waals surface area contributed by atoms with Crippen molar-refractivity contribution < 1.29 is 0 Å². The van der Waals surface area contributed by atoms with Crippen LogP contribution < -0.4 is 5.32 Å². The minimum absolute atomic E-state index is 0.220. The summed E-state index contributed by atoms with van der Waals surface area (Å²) in [6.07, 6.45) is 4.73. The second kappa shape index (κ2) is 5.64. The van der Waals surface area contributed by atoms with Gasteiger partial charge < -0.3 is 5.32 Å². The van der Waals surface area contributed by atoms with Crippen molar-refractivity contribution in [1.29, 1.82) is 5.26 Å². The Morgan fingerprint density at radius 2 is 2.10 bits per heavy atom. The fourth-order valence-corrected chi connectivity index (χ4v) is 2.14. The second-order valence-electron chi connectivity index (χ2n) is 3.90. The molecule has 0 aliphatic rings. The lowest BCUT2D eigenvalue weighted by Crippen LogP contribution is -1.95. The molecular weight excluding hydrogens is 336 g/mol. The van der Waals surface area contributed by atoms with Crippen LogP contribution in [0.15, 0.2) is 35.2 Å². The molecule has 2 N–H and O–H groups in total. The number of aromatic amines is 1. The van der Waals surface area contributed by atoms with Crippen LogP contribution >= 0.6 is 15.9 Å². The van der Waals surface area contributed by atoms with Crippen molar-refractivity contribution >= 4 is 38.2 Å². The fraction of sp³-hybridized carbons (Fsp3) is 0. The van der Waals surface area contributed by atoms with E-state index >= 15 is 0 Å². The molecule has 3 aromatic rings. The zero-order valence-corrected chi connectivity index (χ0v) is 12.0. The number of anilines is 1. The average Bonchev–Trinajstić information content (AvgIpc) is 3.04. The monoisotopic (exact) mass is 342 g/mol. The highest BCUT2D eigenvalue weighted by molar-refractivity contribution is 9.10. The molecule has 0 atom stereocenters. The van der Waals surface area contributed by atoms with Crippen molar-refractivity contribution in [1.82, 2.24) is 30.6 Å². The van der Waals surface area contributed by atoms with E-state index in [0.717, 1.165) is 15.7 Å². The van der Waals surface area contributed by atoms with Gasteiger partial charge in [0.15, 0.2) is 0 Å². The van der Waals surface area contributed by atoms with Gasteiger partial charge in [0.25, 0.3) is 0 Å². The molecule has 3 rings (SSSR count). The van der Waals surface area contributed by atoms with Gasteiger partial charge in [-0.2, -0.15) is 10.5 Å². The van der Waals surface area contributed by atoms with Crippen LogP contribution in [0, 0.1) is 11.3 Å². The van der Waals surface area contributed by atoms with Gasteiger partial charge in [0.2, 0.25) is 5.82 Å². The summed E-state index contributed by atoms with van der Waals surface area (Å²) >= 11 is 3.43. The number of nitrogens with one attached hydrogen (secondary N) is 2. The van der Waals surface area contributed by atoms with Crippen molar-refractivity contribution in [3.63, 3.8) is 0 Å². The SMILES string of the molecule is N#CC(=CNc1ccc(Br)c2nccnc12)c1nn[nH]n1. The topological polar surface area (TPSA) is 116 Å². The molecule has 0 aliphatic heterocycles. The number of rotatable bonds is 3. The van der Waals surface area contributed by atoms with Crippen LogP contribution in [0.3, 0.4) is 0 Å². The Kier molecular flexibility index (Phi) is 3.53. The van der Waals surface area contributed by atoms with E-state index in [9.17, 15) is 0 Å². The number of benzene rings is 1. The molecule has 102 valence electrons. The maximum absolute atomic E-state index is 9.12. The zero-order valence-electron chi connectivity index (χ0n) is 10.4. The number of nitriles is 1. The largest absolute Gasteiger partial charge is 0.358 e. The lowest BCUT2D eigenvalue weighted by molar-refractivity contribution is 0.881. The lowest BCUT2D eigenvalue weighted by Gasteiger charge is -2.06. The van der Waals surface area contributed by atoms with Gasteiger partial charge in [0, 0.05) is 23.1 Å². The second-order valence-corrected chi connectivity index (χ2v) is 4.75. The molecule has 0 fully saturated rings. The molecule has 9 heteroatoms. The first kappa shape index (κ1) is 13.1. The van der Waals surface area contributed by atoms with Crippen molar-refractivity contribution in [2.75, 3.05) is 5.32 Å². The summed E-state index contributed by atoms with van der Waals surface area (Å²) in [6, 6.07) is 5.69. The van der Waals surface area contributed by atoms with Crippen molar-refractivity contribution in [3.8, 4) is 6.07 Å². The maximum Gasteiger partial charge on any atom is 0.216 e. The standard InChI is InChI=1S/C12H7BrN8/c13-8-1-2-9(11-10(8)15-3-4-16-11)17-6-7(5-14)12-18-20-21-19-12/h1-4,6,17H,(H,18,19,20,21). The Labute approximate surface area is 127 Å². The average molecular weight is 343 g/mol. The molecular formula is C12H7BrN8. The summed E-state index contributed by atoms with van der Waals surface area (Å²) in [4.78, 5) is 8.56. The molecule has 0 radical (unpaired) electrons. The zero-order chi connectivity index (χ0) is 14.7. The van der Waals surface area contributed by atoms with Crippen molar-refractivity contribution in [2.45, 2.75) is 0 Å². The van der Waals surface area contributed by atoms with Crippen LogP contribution in [0.25, 0.3) is 16.6 Å². The number of hydrogen-bond donors (Lipinski definition) is 2. The molecule has 21 heavy (non-hydrogen) atoms. The normalized spacial score (nSPS) is 11.3. The molecule has 1 aromatic carbocycles. The Morgan fingerprint density at radius 3 is 2.81 bits per heavy atom. The molecule has 0 bridgehead atoms. The van der Waals surface area contributed by atoms with Gasteiger partial charge in [-0.05, 0) is 33.3 Å². The molecule has 0 amide bonds. The van der Waals surface area contributed by atoms with Crippen LogP contribution in [-0.2, 0) is 0 Å². The molecule has 8 nitrogen and oxygen atoms in total. The predicted octanol–water partition coefficient (Wildman–Crippen LogP) is 1.88. The molecule has 0 saturated heterocycles. The van der Waals surface area contributed by atoms with E-state index in [1.165, 1.54) is 6.20 Å². The van der Waals surface area contributed by atoms with Gasteiger partial charge in [-0.3, -0.25) is 9.97 Å². The smallest absolute Gasteiger partial charge is 0.216 e. The highest BCUT2D eigenvalue weighted by atomic mass is 79.9. The summed E-state index contributed by atoms with van der Waals surface area (Å²) in [5.74, 6) is 0.220. The highest BCUT2D eigenvalue weighted by Crippen LogP contribution is 2.26. The highest BCUT2D eigenvalue weighted by Gasteiger charge is 2.08.